The highest BCUT2D eigenvalue weighted by molar-refractivity contribution is 7.98. The third kappa shape index (κ3) is 12.5. The lowest BCUT2D eigenvalue weighted by molar-refractivity contribution is 0.475. The van der Waals surface area contributed by atoms with E-state index in [0.29, 0.717) is 5.75 Å². The maximum Gasteiger partial charge on any atom is 0.115 e. The maximum atomic E-state index is 9.25. The first kappa shape index (κ1) is 20.4. The Bertz CT molecular complexity index is 361. The summed E-state index contributed by atoms with van der Waals surface area (Å²) in [4.78, 5) is 0. The Balaban J connectivity index is 1.77. The molecule has 0 heterocycles. The minimum atomic E-state index is 0.369. The number of benzene rings is 1. The smallest absolute Gasteiger partial charge is 0.115 e. The zero-order chi connectivity index (χ0) is 16.6. The summed E-state index contributed by atoms with van der Waals surface area (Å²) in [6.45, 7) is 0. The third-order valence-corrected chi connectivity index (χ3v) is 5.20. The summed E-state index contributed by atoms with van der Waals surface area (Å²) in [5.41, 5.74) is 1.35. The molecule has 0 amide bonds. The summed E-state index contributed by atoms with van der Waals surface area (Å²) in [5, 5.41) is 9.25. The Morgan fingerprint density at radius 2 is 1.09 bits per heavy atom. The first-order chi connectivity index (χ1) is 11.3. The molecule has 132 valence electrons. The van der Waals surface area contributed by atoms with Gasteiger partial charge in [-0.2, -0.15) is 11.8 Å². The molecular weight excluding hydrogens is 300 g/mol. The minimum Gasteiger partial charge on any atom is -0.508 e. The fourth-order valence-corrected chi connectivity index (χ4v) is 3.50. The molecule has 1 nitrogen and oxygen atoms in total. The Kier molecular flexibility index (Phi) is 13.3. The van der Waals surface area contributed by atoms with E-state index in [1.165, 1.54) is 88.4 Å². The summed E-state index contributed by atoms with van der Waals surface area (Å²) in [5.74, 6) is 1.71. The van der Waals surface area contributed by atoms with Gasteiger partial charge in [-0.1, -0.05) is 76.3 Å². The predicted octanol–water partition coefficient (Wildman–Crippen LogP) is 6.98. The molecule has 23 heavy (non-hydrogen) atoms. The average molecular weight is 337 g/mol. The molecule has 0 atom stereocenters. The molecule has 0 saturated heterocycles. The number of phenols is 1. The molecule has 0 radical (unpaired) electrons. The normalized spacial score (nSPS) is 11.0. The van der Waals surface area contributed by atoms with Crippen LogP contribution in [-0.2, 0) is 6.42 Å². The van der Waals surface area contributed by atoms with Crippen LogP contribution < -0.4 is 0 Å². The van der Waals surface area contributed by atoms with Gasteiger partial charge in [-0.3, -0.25) is 0 Å². The van der Waals surface area contributed by atoms with Gasteiger partial charge in [-0.25, -0.2) is 0 Å². The van der Waals surface area contributed by atoms with Gasteiger partial charge < -0.3 is 5.11 Å². The van der Waals surface area contributed by atoms with Gasteiger partial charge in [0, 0.05) is 0 Å². The van der Waals surface area contributed by atoms with Crippen LogP contribution in [0.1, 0.15) is 82.6 Å². The summed E-state index contributed by atoms with van der Waals surface area (Å²) >= 11 is 1.97. The monoisotopic (exact) mass is 336 g/mol. The molecular formula is C21H36OS. The summed E-state index contributed by atoms with van der Waals surface area (Å²) in [7, 11) is 0. The molecule has 1 rings (SSSR count). The molecule has 0 aromatic heterocycles. The lowest BCUT2D eigenvalue weighted by Crippen LogP contribution is -1.86. The molecule has 1 aromatic carbocycles. The van der Waals surface area contributed by atoms with Crippen LogP contribution in [0.5, 0.6) is 5.75 Å². The molecule has 0 aliphatic heterocycles. The highest BCUT2D eigenvalue weighted by Crippen LogP contribution is 2.15. The van der Waals surface area contributed by atoms with E-state index in [4.69, 9.17) is 0 Å². The molecule has 0 spiro atoms. The van der Waals surface area contributed by atoms with Gasteiger partial charge in [0.15, 0.2) is 0 Å². The molecule has 2 heteroatoms. The second kappa shape index (κ2) is 14.9. The predicted molar refractivity (Wildman–Crippen MR) is 106 cm³/mol. The van der Waals surface area contributed by atoms with Gasteiger partial charge in [-0.15, -0.1) is 0 Å². The van der Waals surface area contributed by atoms with Crippen molar-refractivity contribution in [3.8, 4) is 5.75 Å². The van der Waals surface area contributed by atoms with Gasteiger partial charge in [0.2, 0.25) is 0 Å². The molecule has 0 saturated carbocycles. The van der Waals surface area contributed by atoms with E-state index in [1.54, 1.807) is 12.1 Å². The number of aromatic hydroxyl groups is 1. The molecule has 0 aliphatic rings. The number of hydrogen-bond acceptors (Lipinski definition) is 2. The van der Waals surface area contributed by atoms with E-state index in [9.17, 15) is 5.11 Å². The Morgan fingerprint density at radius 3 is 1.57 bits per heavy atom. The lowest BCUT2D eigenvalue weighted by atomic mass is 10.0. The lowest BCUT2D eigenvalue weighted by Gasteiger charge is -2.04. The van der Waals surface area contributed by atoms with Gasteiger partial charge in [0.25, 0.3) is 0 Å². The highest BCUT2D eigenvalue weighted by Gasteiger charge is 1.96. The molecule has 1 N–H and O–H groups in total. The number of hydrogen-bond donors (Lipinski definition) is 1. The standard InChI is InChI=1S/C21H36OS/c1-23-19-13-11-9-7-5-3-2-4-6-8-10-12-14-20-15-17-21(22)18-16-20/h15-18,22H,2-14,19H2,1H3. The molecule has 0 bridgehead atoms. The van der Waals surface area contributed by atoms with Crippen LogP contribution in [0.2, 0.25) is 0 Å². The first-order valence-corrected chi connectivity index (χ1v) is 11.0. The molecule has 0 fully saturated rings. The van der Waals surface area contributed by atoms with E-state index >= 15 is 0 Å². The van der Waals surface area contributed by atoms with E-state index < -0.39 is 0 Å². The summed E-state index contributed by atoms with van der Waals surface area (Å²) < 4.78 is 0. The highest BCUT2D eigenvalue weighted by atomic mass is 32.2. The Morgan fingerprint density at radius 1 is 0.652 bits per heavy atom. The number of phenolic OH excluding ortho intramolecular Hbond substituents is 1. The van der Waals surface area contributed by atoms with Crippen molar-refractivity contribution in [1.29, 1.82) is 0 Å². The van der Waals surface area contributed by atoms with E-state index in [1.807, 2.05) is 23.9 Å². The van der Waals surface area contributed by atoms with Gasteiger partial charge >= 0.3 is 0 Å². The number of rotatable bonds is 15. The topological polar surface area (TPSA) is 20.2 Å². The SMILES string of the molecule is CSCCCCCCCCCCCCCCc1ccc(O)cc1. The van der Waals surface area contributed by atoms with Crippen molar-refractivity contribution in [2.75, 3.05) is 12.0 Å². The van der Waals surface area contributed by atoms with Crippen LogP contribution in [0.15, 0.2) is 24.3 Å². The molecule has 0 unspecified atom stereocenters. The van der Waals surface area contributed by atoms with Crippen LogP contribution in [0.3, 0.4) is 0 Å². The largest absolute Gasteiger partial charge is 0.508 e. The molecule has 1 aromatic rings. The van der Waals surface area contributed by atoms with E-state index in [0.717, 1.165) is 6.42 Å². The third-order valence-electron chi connectivity index (χ3n) is 4.50. The van der Waals surface area contributed by atoms with Crippen molar-refractivity contribution in [3.05, 3.63) is 29.8 Å². The van der Waals surface area contributed by atoms with Crippen LogP contribution in [-0.4, -0.2) is 17.1 Å². The second-order valence-corrected chi connectivity index (χ2v) is 7.64. The maximum absolute atomic E-state index is 9.25. The van der Waals surface area contributed by atoms with Crippen LogP contribution >= 0.6 is 11.8 Å². The van der Waals surface area contributed by atoms with E-state index in [-0.39, 0.29) is 0 Å². The fourth-order valence-electron chi connectivity index (χ4n) is 3.01. The minimum absolute atomic E-state index is 0.369. The van der Waals surface area contributed by atoms with Crippen molar-refractivity contribution in [3.63, 3.8) is 0 Å². The number of unbranched alkanes of at least 4 members (excludes halogenated alkanes) is 11. The number of aryl methyl sites for hydroxylation is 1. The average Bonchev–Trinajstić information content (AvgIpc) is 2.57. The zero-order valence-corrected chi connectivity index (χ0v) is 15.9. The molecule has 0 aliphatic carbocycles. The van der Waals surface area contributed by atoms with Crippen molar-refractivity contribution < 1.29 is 5.11 Å². The fraction of sp³-hybridized carbons (Fsp3) is 0.714. The van der Waals surface area contributed by atoms with Crippen LogP contribution in [0.4, 0.5) is 0 Å². The van der Waals surface area contributed by atoms with Gasteiger partial charge in [-0.05, 0) is 49.0 Å². The van der Waals surface area contributed by atoms with Gasteiger partial charge in [0.1, 0.15) is 5.75 Å². The second-order valence-electron chi connectivity index (χ2n) is 6.65. The quantitative estimate of drug-likeness (QED) is 0.349. The van der Waals surface area contributed by atoms with Crippen molar-refractivity contribution in [2.24, 2.45) is 0 Å². The summed E-state index contributed by atoms with van der Waals surface area (Å²) in [6, 6.07) is 7.66. The van der Waals surface area contributed by atoms with E-state index in [2.05, 4.69) is 6.26 Å². The van der Waals surface area contributed by atoms with Crippen LogP contribution in [0.25, 0.3) is 0 Å². The van der Waals surface area contributed by atoms with Crippen molar-refractivity contribution >= 4 is 11.8 Å². The van der Waals surface area contributed by atoms with Crippen LogP contribution in [0, 0.1) is 0 Å². The summed E-state index contributed by atoms with van der Waals surface area (Å²) in [6.07, 6.45) is 20.2. The van der Waals surface area contributed by atoms with Crippen molar-refractivity contribution in [1.82, 2.24) is 0 Å². The zero-order valence-electron chi connectivity index (χ0n) is 15.1. The van der Waals surface area contributed by atoms with Crippen molar-refractivity contribution in [2.45, 2.75) is 83.5 Å². The number of thioether (sulfide) groups is 1. The Labute approximate surface area is 148 Å². The first-order valence-electron chi connectivity index (χ1n) is 9.60. The van der Waals surface area contributed by atoms with Gasteiger partial charge in [0.05, 0.1) is 0 Å². The Hall–Kier alpha value is -0.630.